The minimum absolute atomic E-state index is 0.0252. The number of aromatic nitrogens is 1. The van der Waals surface area contributed by atoms with Crippen molar-refractivity contribution >= 4 is 17.4 Å². The highest BCUT2D eigenvalue weighted by Crippen LogP contribution is 2.32. The molecule has 0 saturated carbocycles. The van der Waals surface area contributed by atoms with Gasteiger partial charge in [-0.25, -0.2) is 4.39 Å². The van der Waals surface area contributed by atoms with Crippen molar-refractivity contribution < 1.29 is 27.1 Å². The first-order valence-corrected chi connectivity index (χ1v) is 11.1. The van der Waals surface area contributed by atoms with Gasteiger partial charge in [0.2, 0.25) is 5.91 Å². The van der Waals surface area contributed by atoms with E-state index in [4.69, 9.17) is 4.74 Å². The van der Waals surface area contributed by atoms with Crippen molar-refractivity contribution in [1.82, 2.24) is 9.88 Å². The Labute approximate surface area is 193 Å². The van der Waals surface area contributed by atoms with Gasteiger partial charge in [0.25, 0.3) is 5.56 Å². The fourth-order valence-corrected chi connectivity index (χ4v) is 4.41. The van der Waals surface area contributed by atoms with Crippen molar-refractivity contribution in [2.45, 2.75) is 31.6 Å². The molecule has 11 heteroatoms. The molecule has 184 valence electrons. The summed E-state index contributed by atoms with van der Waals surface area (Å²) in [7, 11) is 0. The van der Waals surface area contributed by atoms with Crippen LogP contribution in [0.1, 0.15) is 12.5 Å². The summed E-state index contributed by atoms with van der Waals surface area (Å²) in [5.41, 5.74) is 0.557. The maximum atomic E-state index is 14.1. The molecule has 0 spiro atoms. The number of carbonyl (C=O) groups is 1. The number of piperazine rings is 1. The molecule has 2 aliphatic rings. The van der Waals surface area contributed by atoms with Crippen LogP contribution in [0.5, 0.6) is 0 Å². The van der Waals surface area contributed by atoms with Crippen molar-refractivity contribution in [1.29, 1.82) is 0 Å². The molecule has 1 aromatic heterocycles. The second-order valence-electron chi connectivity index (χ2n) is 8.60. The van der Waals surface area contributed by atoms with E-state index < -0.39 is 36.0 Å². The van der Waals surface area contributed by atoms with E-state index in [0.717, 1.165) is 4.90 Å². The number of ether oxygens (including phenoxy) is 1. The maximum absolute atomic E-state index is 14.1. The fourth-order valence-electron chi connectivity index (χ4n) is 4.41. The van der Waals surface area contributed by atoms with Gasteiger partial charge < -0.3 is 24.4 Å². The largest absolute Gasteiger partial charge is 0.410 e. The highest BCUT2D eigenvalue weighted by atomic mass is 19.4. The Bertz CT molecular complexity index is 1070. The van der Waals surface area contributed by atoms with Gasteiger partial charge in [-0.2, -0.15) is 13.2 Å². The molecule has 2 aliphatic heterocycles. The lowest BCUT2D eigenvalue weighted by atomic mass is 10.1. The maximum Gasteiger partial charge on any atom is 0.410 e. The van der Waals surface area contributed by atoms with Crippen LogP contribution in [0.3, 0.4) is 0 Å². The van der Waals surface area contributed by atoms with Gasteiger partial charge in [-0.05, 0) is 24.6 Å². The minimum atomic E-state index is -4.63. The standard InChI is InChI=1S/C23H26F4N4O3/c1-15-14-34-9-8-30(15)18-11-20(28-21(32)12-18)31-7-6-29(13-19(31)23(25,26)27)22(33)10-16-2-4-17(24)5-3-16/h2-5,11-12,15,19H,6-10,13-14H2,1H3,(H,28,32)/t15-,19?/m1/s1. The van der Waals surface area contributed by atoms with Gasteiger partial charge in [0.05, 0.1) is 19.6 Å². The number of pyridine rings is 1. The predicted octanol–water partition coefficient (Wildman–Crippen LogP) is 2.56. The molecular weight excluding hydrogens is 456 g/mol. The molecule has 34 heavy (non-hydrogen) atoms. The fraction of sp³-hybridized carbons (Fsp3) is 0.478. The highest BCUT2D eigenvalue weighted by Gasteiger charge is 2.47. The molecule has 2 saturated heterocycles. The summed E-state index contributed by atoms with van der Waals surface area (Å²) < 4.78 is 60.7. The Morgan fingerprint density at radius 3 is 2.53 bits per heavy atom. The first-order chi connectivity index (χ1) is 16.1. The summed E-state index contributed by atoms with van der Waals surface area (Å²) >= 11 is 0. The Morgan fingerprint density at radius 2 is 1.85 bits per heavy atom. The Morgan fingerprint density at radius 1 is 1.12 bits per heavy atom. The quantitative estimate of drug-likeness (QED) is 0.679. The van der Waals surface area contributed by atoms with Crippen molar-refractivity contribution in [3.8, 4) is 0 Å². The van der Waals surface area contributed by atoms with Crippen LogP contribution in [0.4, 0.5) is 29.1 Å². The summed E-state index contributed by atoms with van der Waals surface area (Å²) in [4.78, 5) is 31.8. The van der Waals surface area contributed by atoms with E-state index in [-0.39, 0.29) is 31.4 Å². The molecule has 0 radical (unpaired) electrons. The predicted molar refractivity (Wildman–Crippen MR) is 119 cm³/mol. The van der Waals surface area contributed by atoms with E-state index in [1.807, 2.05) is 11.8 Å². The zero-order valence-corrected chi connectivity index (χ0v) is 18.6. The lowest BCUT2D eigenvalue weighted by Gasteiger charge is -2.43. The number of hydrogen-bond donors (Lipinski definition) is 1. The molecule has 7 nitrogen and oxygen atoms in total. The second kappa shape index (κ2) is 9.65. The number of benzene rings is 1. The molecule has 1 N–H and O–H groups in total. The molecule has 2 aromatic rings. The number of nitrogens with zero attached hydrogens (tertiary/aromatic N) is 3. The highest BCUT2D eigenvalue weighted by molar-refractivity contribution is 5.79. The van der Waals surface area contributed by atoms with Crippen LogP contribution in [0, 0.1) is 5.82 Å². The van der Waals surface area contributed by atoms with Gasteiger partial charge in [0.1, 0.15) is 17.7 Å². The van der Waals surface area contributed by atoms with Gasteiger partial charge in [0, 0.05) is 50.0 Å². The number of morpholine rings is 1. The van der Waals surface area contributed by atoms with Crippen LogP contribution in [-0.2, 0) is 16.0 Å². The van der Waals surface area contributed by atoms with E-state index in [1.165, 1.54) is 35.2 Å². The molecule has 3 heterocycles. The first-order valence-electron chi connectivity index (χ1n) is 11.1. The van der Waals surface area contributed by atoms with Gasteiger partial charge >= 0.3 is 6.18 Å². The van der Waals surface area contributed by atoms with Gasteiger partial charge in [-0.3, -0.25) is 9.59 Å². The monoisotopic (exact) mass is 482 g/mol. The molecule has 0 bridgehead atoms. The van der Waals surface area contributed by atoms with Crippen molar-refractivity contribution in [2.75, 3.05) is 49.2 Å². The number of alkyl halides is 3. The third-order valence-electron chi connectivity index (χ3n) is 6.20. The Kier molecular flexibility index (Phi) is 6.83. The van der Waals surface area contributed by atoms with E-state index in [1.54, 1.807) is 6.07 Å². The van der Waals surface area contributed by atoms with E-state index in [0.29, 0.717) is 31.0 Å². The topological polar surface area (TPSA) is 68.9 Å². The summed E-state index contributed by atoms with van der Waals surface area (Å²) in [6.45, 7) is 2.77. The van der Waals surface area contributed by atoms with Crippen molar-refractivity contribution in [3.63, 3.8) is 0 Å². The minimum Gasteiger partial charge on any atom is -0.377 e. The second-order valence-corrected chi connectivity index (χ2v) is 8.60. The number of nitrogens with one attached hydrogen (secondary N) is 1. The average Bonchev–Trinajstić information content (AvgIpc) is 2.79. The molecule has 2 fully saturated rings. The molecular formula is C23H26F4N4O3. The van der Waals surface area contributed by atoms with Crippen LogP contribution in [-0.4, -0.2) is 73.4 Å². The van der Waals surface area contributed by atoms with E-state index in [2.05, 4.69) is 4.98 Å². The summed E-state index contributed by atoms with van der Waals surface area (Å²) in [5, 5.41) is 0. The Hall–Kier alpha value is -3.08. The molecule has 1 amide bonds. The summed E-state index contributed by atoms with van der Waals surface area (Å²) in [6.07, 6.45) is -4.75. The SMILES string of the molecule is C[C@@H]1COCCN1c1cc(N2CCN(C(=O)Cc3ccc(F)cc3)CC2C(F)(F)F)[nH]c(=O)c1. The number of anilines is 2. The number of rotatable bonds is 4. The molecule has 2 atom stereocenters. The normalized spacial score (nSPS) is 21.6. The number of H-pyrrole nitrogens is 1. The molecule has 1 unspecified atom stereocenters. The third-order valence-corrected chi connectivity index (χ3v) is 6.20. The lowest BCUT2D eigenvalue weighted by molar-refractivity contribution is -0.160. The number of halogens is 4. The van der Waals surface area contributed by atoms with Crippen molar-refractivity contribution in [2.24, 2.45) is 0 Å². The first kappa shape index (κ1) is 24.1. The zero-order valence-electron chi connectivity index (χ0n) is 18.6. The molecule has 0 aliphatic carbocycles. The van der Waals surface area contributed by atoms with Crippen molar-refractivity contribution in [3.05, 3.63) is 58.1 Å². The number of hydrogen-bond acceptors (Lipinski definition) is 5. The van der Waals surface area contributed by atoms with E-state index in [9.17, 15) is 27.2 Å². The van der Waals surface area contributed by atoms with Gasteiger partial charge in [0.15, 0.2) is 0 Å². The lowest BCUT2D eigenvalue weighted by Crippen LogP contribution is -2.61. The van der Waals surface area contributed by atoms with Gasteiger partial charge in [-0.1, -0.05) is 12.1 Å². The van der Waals surface area contributed by atoms with Crippen LogP contribution in [0.25, 0.3) is 0 Å². The summed E-state index contributed by atoms with van der Waals surface area (Å²) in [5.74, 6) is -0.858. The average molecular weight is 482 g/mol. The Balaban J connectivity index is 1.55. The smallest absolute Gasteiger partial charge is 0.377 e. The number of carbonyl (C=O) groups excluding carboxylic acids is 1. The van der Waals surface area contributed by atoms with Crippen LogP contribution < -0.4 is 15.4 Å². The van der Waals surface area contributed by atoms with E-state index >= 15 is 0 Å². The van der Waals surface area contributed by atoms with Crippen LogP contribution in [0.15, 0.2) is 41.2 Å². The number of amides is 1. The molecule has 1 aromatic carbocycles. The molecule has 4 rings (SSSR count). The van der Waals surface area contributed by atoms with Crippen LogP contribution in [0.2, 0.25) is 0 Å². The van der Waals surface area contributed by atoms with Crippen LogP contribution >= 0.6 is 0 Å². The van der Waals surface area contributed by atoms with Gasteiger partial charge in [-0.15, -0.1) is 0 Å². The zero-order chi connectivity index (χ0) is 24.5. The third kappa shape index (κ3) is 5.35. The summed E-state index contributed by atoms with van der Waals surface area (Å²) in [6, 6.07) is 6.21. The number of aromatic amines is 1.